The van der Waals surface area contributed by atoms with Crippen LogP contribution in [0.2, 0.25) is 0 Å². The van der Waals surface area contributed by atoms with Crippen molar-refractivity contribution in [2.75, 3.05) is 13.1 Å². The van der Waals surface area contributed by atoms with Gasteiger partial charge in [0, 0.05) is 31.5 Å². The van der Waals surface area contributed by atoms with E-state index in [0.717, 1.165) is 51.0 Å². The highest BCUT2D eigenvalue weighted by Gasteiger charge is 2.51. The van der Waals surface area contributed by atoms with Crippen LogP contribution in [-0.4, -0.2) is 99.4 Å². The van der Waals surface area contributed by atoms with E-state index in [1.807, 2.05) is 6.92 Å². The van der Waals surface area contributed by atoms with Gasteiger partial charge in [-0.1, -0.05) is 45.6 Å². The SMILES string of the molecule is C=CC(=O)NCC[C@H](NC(=O)[C@@H](NC(=O)c1cnccn1)C1CCCCC1)C(=O)N1C[C@@H]2CCC[C@@H]2[C@H]1C(=O)N[C@@H](CCC)C(=O)C(=O)NC1CC1. The molecule has 0 bridgehead atoms. The molecule has 3 saturated carbocycles. The number of ketones is 1. The Morgan fingerprint density at radius 3 is 2.35 bits per heavy atom. The predicted octanol–water partition coefficient (Wildman–Crippen LogP) is 1.09. The van der Waals surface area contributed by atoms with Crippen LogP contribution in [0, 0.1) is 17.8 Å². The van der Waals surface area contributed by atoms with Gasteiger partial charge in [-0.05, 0) is 75.2 Å². The third-order valence-corrected chi connectivity index (χ3v) is 10.8. The summed E-state index contributed by atoms with van der Waals surface area (Å²) in [5.41, 5.74) is 0.0539. The first-order valence-corrected chi connectivity index (χ1v) is 18.8. The molecule has 0 aromatic carbocycles. The van der Waals surface area contributed by atoms with Crippen LogP contribution >= 0.6 is 0 Å². The summed E-state index contributed by atoms with van der Waals surface area (Å²) in [5, 5.41) is 13.9. The van der Waals surface area contributed by atoms with Gasteiger partial charge in [0.05, 0.1) is 12.2 Å². The van der Waals surface area contributed by atoms with Crippen LogP contribution in [-0.2, 0) is 28.8 Å². The van der Waals surface area contributed by atoms with Crippen LogP contribution in [0.15, 0.2) is 31.2 Å². The quantitative estimate of drug-likeness (QED) is 0.115. The Kier molecular flexibility index (Phi) is 13.5. The first-order chi connectivity index (χ1) is 25.1. The summed E-state index contributed by atoms with van der Waals surface area (Å²) >= 11 is 0. The maximum Gasteiger partial charge on any atom is 0.289 e. The van der Waals surface area contributed by atoms with Gasteiger partial charge in [0.2, 0.25) is 29.4 Å². The Bertz CT molecular complexity index is 1500. The topological polar surface area (TPSA) is 209 Å². The zero-order valence-corrected chi connectivity index (χ0v) is 29.9. The van der Waals surface area contributed by atoms with E-state index in [4.69, 9.17) is 0 Å². The number of Topliss-reactive ketones (excluding diaryl/α,β-unsaturated/α-hetero) is 1. The maximum atomic E-state index is 14.6. The third-order valence-electron chi connectivity index (χ3n) is 10.8. The highest BCUT2D eigenvalue weighted by Crippen LogP contribution is 2.42. The van der Waals surface area contributed by atoms with Crippen LogP contribution in [0.25, 0.3) is 0 Å². The number of aromatic nitrogens is 2. The average molecular weight is 721 g/mol. The van der Waals surface area contributed by atoms with Gasteiger partial charge >= 0.3 is 0 Å². The molecule has 0 spiro atoms. The zero-order valence-electron chi connectivity index (χ0n) is 29.9. The van der Waals surface area contributed by atoms with Crippen LogP contribution in [0.3, 0.4) is 0 Å². The molecule has 6 amide bonds. The summed E-state index contributed by atoms with van der Waals surface area (Å²) in [4.78, 5) is 103. The molecule has 1 saturated heterocycles. The lowest BCUT2D eigenvalue weighted by atomic mass is 9.83. The van der Waals surface area contributed by atoms with E-state index in [1.54, 1.807) is 0 Å². The number of nitrogens with one attached hydrogen (secondary N) is 5. The number of carbonyl (C=O) groups excluding carboxylic acids is 7. The molecule has 15 heteroatoms. The molecule has 2 heterocycles. The molecule has 0 radical (unpaired) electrons. The molecule has 1 aliphatic heterocycles. The molecule has 5 rings (SSSR count). The summed E-state index contributed by atoms with van der Waals surface area (Å²) in [7, 11) is 0. The van der Waals surface area contributed by atoms with Gasteiger partial charge in [-0.3, -0.25) is 38.5 Å². The highest BCUT2D eigenvalue weighted by atomic mass is 16.2. The minimum absolute atomic E-state index is 0.0120. The molecule has 1 aromatic heterocycles. The van der Waals surface area contributed by atoms with Crippen LogP contribution in [0.5, 0.6) is 0 Å². The van der Waals surface area contributed by atoms with Gasteiger partial charge in [0.1, 0.15) is 23.8 Å². The minimum Gasteiger partial charge on any atom is -0.352 e. The molecule has 4 fully saturated rings. The lowest BCUT2D eigenvalue weighted by Gasteiger charge is -2.34. The second-order valence-electron chi connectivity index (χ2n) is 14.5. The van der Waals surface area contributed by atoms with Crippen molar-refractivity contribution >= 4 is 41.2 Å². The van der Waals surface area contributed by atoms with E-state index in [-0.39, 0.29) is 55.4 Å². The molecular formula is C37H52N8O7. The molecule has 15 nitrogen and oxygen atoms in total. The van der Waals surface area contributed by atoms with Crippen molar-refractivity contribution in [3.05, 3.63) is 36.9 Å². The Morgan fingerprint density at radius 2 is 1.67 bits per heavy atom. The fraction of sp³-hybridized carbons (Fsp3) is 0.649. The second kappa shape index (κ2) is 18.2. The molecule has 282 valence electrons. The summed E-state index contributed by atoms with van der Waals surface area (Å²) in [5.74, 6) is -4.27. The van der Waals surface area contributed by atoms with E-state index in [0.29, 0.717) is 25.7 Å². The molecule has 0 unspecified atom stereocenters. The average Bonchev–Trinajstić information content (AvgIpc) is 3.73. The molecule has 1 aromatic rings. The van der Waals surface area contributed by atoms with Gasteiger partial charge in [-0.2, -0.15) is 0 Å². The van der Waals surface area contributed by atoms with E-state index >= 15 is 0 Å². The summed E-state index contributed by atoms with van der Waals surface area (Å²) in [6.07, 6.45) is 14.4. The second-order valence-corrected chi connectivity index (χ2v) is 14.5. The standard InChI is InChI=1S/C37H52N8O7/c1-3-9-26(32(47)36(51)41-24-14-15-24)42-35(50)31-25-13-8-12-23(25)21-45(31)37(52)27(16-17-40-29(46)4-2)43-34(49)30(22-10-6-5-7-11-22)44-33(48)28-20-38-18-19-39-28/h4,18-20,22-27,30-31H,2-3,5-17,21H2,1H3,(H,40,46)(H,41,51)(H,42,50)(H,43,49)(H,44,48)/t23-,25-,26-,27-,30-,31-/m0/s1. The van der Waals surface area contributed by atoms with Gasteiger partial charge < -0.3 is 31.5 Å². The molecule has 5 N–H and O–H groups in total. The Hall–Kier alpha value is -4.69. The third kappa shape index (κ3) is 9.79. The van der Waals surface area contributed by atoms with E-state index in [2.05, 4.69) is 43.1 Å². The number of likely N-dealkylation sites (tertiary alicyclic amines) is 1. The van der Waals surface area contributed by atoms with Crippen LogP contribution in [0.1, 0.15) is 101 Å². The van der Waals surface area contributed by atoms with Crippen molar-refractivity contribution in [1.82, 2.24) is 41.5 Å². The van der Waals surface area contributed by atoms with Crippen LogP contribution < -0.4 is 26.6 Å². The van der Waals surface area contributed by atoms with Crippen molar-refractivity contribution in [1.29, 1.82) is 0 Å². The number of carbonyl (C=O) groups is 7. The predicted molar refractivity (Wildman–Crippen MR) is 189 cm³/mol. The van der Waals surface area contributed by atoms with Crippen molar-refractivity contribution in [2.24, 2.45) is 17.8 Å². The van der Waals surface area contributed by atoms with Gasteiger partial charge in [0.25, 0.3) is 11.8 Å². The van der Waals surface area contributed by atoms with E-state index < -0.39 is 65.4 Å². The fourth-order valence-electron chi connectivity index (χ4n) is 7.95. The monoisotopic (exact) mass is 720 g/mol. The summed E-state index contributed by atoms with van der Waals surface area (Å²) < 4.78 is 0. The van der Waals surface area contributed by atoms with Gasteiger partial charge in [-0.15, -0.1) is 0 Å². The lowest BCUT2D eigenvalue weighted by molar-refractivity contribution is -0.144. The molecule has 52 heavy (non-hydrogen) atoms. The Balaban J connectivity index is 1.37. The normalized spacial score (nSPS) is 22.9. The lowest BCUT2D eigenvalue weighted by Crippen LogP contribution is -2.60. The number of amides is 6. The maximum absolute atomic E-state index is 14.6. The van der Waals surface area contributed by atoms with E-state index in [9.17, 15) is 33.6 Å². The number of nitrogens with zero attached hydrogens (tertiary/aromatic N) is 3. The first kappa shape index (κ1) is 38.5. The van der Waals surface area contributed by atoms with Crippen molar-refractivity contribution < 1.29 is 33.6 Å². The molecule has 3 aliphatic carbocycles. The number of hydrogen-bond acceptors (Lipinski definition) is 9. The van der Waals surface area contributed by atoms with Crippen molar-refractivity contribution in [3.8, 4) is 0 Å². The van der Waals surface area contributed by atoms with Crippen molar-refractivity contribution in [3.63, 3.8) is 0 Å². The number of hydrogen-bond donors (Lipinski definition) is 5. The zero-order chi connectivity index (χ0) is 37.2. The Morgan fingerprint density at radius 1 is 0.904 bits per heavy atom. The van der Waals surface area contributed by atoms with Crippen LogP contribution in [0.4, 0.5) is 0 Å². The first-order valence-electron chi connectivity index (χ1n) is 18.8. The van der Waals surface area contributed by atoms with Crippen molar-refractivity contribution in [2.45, 2.75) is 121 Å². The van der Waals surface area contributed by atoms with Gasteiger partial charge in [-0.25, -0.2) is 4.98 Å². The minimum atomic E-state index is -1.15. The molecule has 6 atom stereocenters. The molecular weight excluding hydrogens is 668 g/mol. The largest absolute Gasteiger partial charge is 0.352 e. The Labute approximate surface area is 304 Å². The fourth-order valence-corrected chi connectivity index (χ4v) is 7.95. The molecule has 4 aliphatic rings. The highest BCUT2D eigenvalue weighted by molar-refractivity contribution is 6.38. The van der Waals surface area contributed by atoms with E-state index in [1.165, 1.54) is 23.5 Å². The van der Waals surface area contributed by atoms with Gasteiger partial charge in [0.15, 0.2) is 0 Å². The summed E-state index contributed by atoms with van der Waals surface area (Å²) in [6, 6.07) is -4.08. The smallest absolute Gasteiger partial charge is 0.289 e. The number of fused-ring (bicyclic) bond motifs is 1. The summed E-state index contributed by atoms with van der Waals surface area (Å²) in [6.45, 7) is 5.65. The number of rotatable bonds is 17.